The Labute approximate surface area is 147 Å². The molecule has 3 rings (SSSR count). The number of rotatable bonds is 4. The number of hydrogen-bond acceptors (Lipinski definition) is 3. The van der Waals surface area contributed by atoms with Crippen molar-refractivity contribution in [3.05, 3.63) is 50.4 Å². The molecule has 0 bridgehead atoms. The van der Waals surface area contributed by atoms with Crippen LogP contribution in [0.15, 0.2) is 42.5 Å². The molecule has 0 unspecified atom stereocenters. The standard InChI is InChI=1S/C17H16INS2/c1-11(2)10-15-16(19-17(18)21-15)14-9-8-13(20-14)12-6-4-3-5-7-12/h3-9,11H,10H2,1-2H3. The molecule has 0 amide bonds. The fourth-order valence-electron chi connectivity index (χ4n) is 2.25. The van der Waals surface area contributed by atoms with E-state index in [1.54, 1.807) is 0 Å². The number of aromatic nitrogens is 1. The molecule has 108 valence electrons. The Balaban J connectivity index is 1.97. The molecule has 0 aliphatic rings. The Morgan fingerprint density at radius 3 is 2.43 bits per heavy atom. The summed E-state index contributed by atoms with van der Waals surface area (Å²) in [6.45, 7) is 4.53. The number of nitrogens with zero attached hydrogens (tertiary/aromatic N) is 1. The lowest BCUT2D eigenvalue weighted by molar-refractivity contribution is 0.654. The second kappa shape index (κ2) is 6.58. The largest absolute Gasteiger partial charge is 0.229 e. The number of benzene rings is 1. The number of halogens is 1. The smallest absolute Gasteiger partial charge is 0.154 e. The first-order chi connectivity index (χ1) is 10.1. The second-order valence-electron chi connectivity index (χ2n) is 5.37. The van der Waals surface area contributed by atoms with E-state index in [9.17, 15) is 0 Å². The summed E-state index contributed by atoms with van der Waals surface area (Å²) in [4.78, 5) is 8.76. The molecule has 0 fully saturated rings. The van der Waals surface area contributed by atoms with Crippen LogP contribution in [-0.4, -0.2) is 4.98 Å². The zero-order chi connectivity index (χ0) is 14.8. The van der Waals surface area contributed by atoms with Crippen molar-refractivity contribution in [2.45, 2.75) is 20.3 Å². The monoisotopic (exact) mass is 425 g/mol. The van der Waals surface area contributed by atoms with Crippen LogP contribution in [0.1, 0.15) is 18.7 Å². The Morgan fingerprint density at radius 2 is 1.71 bits per heavy atom. The molecule has 2 heterocycles. The minimum absolute atomic E-state index is 0.661. The Hall–Kier alpha value is -0.720. The van der Waals surface area contributed by atoms with Gasteiger partial charge in [-0.15, -0.1) is 22.7 Å². The lowest BCUT2D eigenvalue weighted by Crippen LogP contribution is -1.92. The van der Waals surface area contributed by atoms with Gasteiger partial charge in [-0.25, -0.2) is 4.98 Å². The van der Waals surface area contributed by atoms with Gasteiger partial charge in [-0.2, -0.15) is 0 Å². The van der Waals surface area contributed by atoms with Gasteiger partial charge in [0.05, 0.1) is 10.6 Å². The van der Waals surface area contributed by atoms with Gasteiger partial charge >= 0.3 is 0 Å². The topological polar surface area (TPSA) is 12.9 Å². The van der Waals surface area contributed by atoms with Crippen LogP contribution in [0.4, 0.5) is 0 Å². The predicted molar refractivity (Wildman–Crippen MR) is 102 cm³/mol. The van der Waals surface area contributed by atoms with Gasteiger partial charge in [0.15, 0.2) is 3.01 Å². The third kappa shape index (κ3) is 3.55. The molecule has 0 aliphatic carbocycles. The van der Waals surface area contributed by atoms with Gasteiger partial charge in [0.2, 0.25) is 0 Å². The van der Waals surface area contributed by atoms with Crippen LogP contribution in [0.3, 0.4) is 0 Å². The second-order valence-corrected chi connectivity index (χ2v) is 9.29. The third-order valence-electron chi connectivity index (χ3n) is 3.16. The van der Waals surface area contributed by atoms with Crippen LogP contribution in [0.2, 0.25) is 0 Å². The minimum atomic E-state index is 0.661. The molecule has 0 atom stereocenters. The number of thiophene rings is 1. The average Bonchev–Trinajstić information content (AvgIpc) is 3.06. The van der Waals surface area contributed by atoms with E-state index in [1.165, 1.54) is 25.9 Å². The molecule has 2 aromatic heterocycles. The van der Waals surface area contributed by atoms with Gasteiger partial charge in [-0.05, 0) is 52.6 Å². The van der Waals surface area contributed by atoms with Crippen LogP contribution >= 0.6 is 45.3 Å². The fourth-order valence-corrected chi connectivity index (χ4v) is 5.39. The summed E-state index contributed by atoms with van der Waals surface area (Å²) < 4.78 is 1.13. The van der Waals surface area contributed by atoms with Crippen LogP contribution in [0.5, 0.6) is 0 Å². The highest BCUT2D eigenvalue weighted by Gasteiger charge is 2.15. The molecule has 0 radical (unpaired) electrons. The molecule has 0 aliphatic heterocycles. The first-order valence-corrected chi connectivity index (χ1v) is 9.65. The highest BCUT2D eigenvalue weighted by Crippen LogP contribution is 2.38. The normalized spacial score (nSPS) is 11.2. The zero-order valence-corrected chi connectivity index (χ0v) is 15.8. The minimum Gasteiger partial charge on any atom is -0.229 e. The molecule has 0 saturated carbocycles. The molecule has 0 saturated heterocycles. The molecule has 3 aromatic rings. The summed E-state index contributed by atoms with van der Waals surface area (Å²) in [5, 5.41) is 0. The highest BCUT2D eigenvalue weighted by molar-refractivity contribution is 14.1. The van der Waals surface area contributed by atoms with E-state index in [4.69, 9.17) is 4.98 Å². The van der Waals surface area contributed by atoms with E-state index in [2.05, 4.69) is 78.9 Å². The average molecular weight is 425 g/mol. The van der Waals surface area contributed by atoms with Gasteiger partial charge in [0.25, 0.3) is 0 Å². The van der Waals surface area contributed by atoms with Crippen molar-refractivity contribution >= 4 is 45.3 Å². The molecule has 0 spiro atoms. The van der Waals surface area contributed by atoms with Crippen LogP contribution in [-0.2, 0) is 6.42 Å². The summed E-state index contributed by atoms with van der Waals surface area (Å²) in [7, 11) is 0. The molecular formula is C17H16INS2. The van der Waals surface area contributed by atoms with E-state index in [0.717, 1.165) is 9.44 Å². The quantitative estimate of drug-likeness (QED) is 0.445. The van der Waals surface area contributed by atoms with Crippen LogP contribution in [0.25, 0.3) is 21.0 Å². The zero-order valence-electron chi connectivity index (χ0n) is 12.0. The van der Waals surface area contributed by atoms with Crippen molar-refractivity contribution < 1.29 is 0 Å². The maximum atomic E-state index is 4.76. The molecule has 0 N–H and O–H groups in total. The predicted octanol–water partition coefficient (Wildman–Crippen LogP) is 6.34. The van der Waals surface area contributed by atoms with E-state index >= 15 is 0 Å². The lowest BCUT2D eigenvalue weighted by atomic mass is 10.1. The number of thiazole rings is 1. The van der Waals surface area contributed by atoms with Gasteiger partial charge in [0, 0.05) is 9.75 Å². The molecule has 1 nitrogen and oxygen atoms in total. The summed E-state index contributed by atoms with van der Waals surface area (Å²) >= 11 is 5.99. The van der Waals surface area contributed by atoms with Crippen molar-refractivity contribution in [3.63, 3.8) is 0 Å². The van der Waals surface area contributed by atoms with Gasteiger partial charge < -0.3 is 0 Å². The highest BCUT2D eigenvalue weighted by atomic mass is 127. The van der Waals surface area contributed by atoms with Crippen molar-refractivity contribution in [2.24, 2.45) is 5.92 Å². The van der Waals surface area contributed by atoms with Gasteiger partial charge in [-0.1, -0.05) is 44.2 Å². The Kier molecular flexibility index (Phi) is 4.76. The van der Waals surface area contributed by atoms with Crippen LogP contribution in [0, 0.1) is 8.93 Å². The maximum Gasteiger partial charge on any atom is 0.154 e. The third-order valence-corrected chi connectivity index (χ3v) is 6.07. The maximum absolute atomic E-state index is 4.76. The van der Waals surface area contributed by atoms with Crippen molar-refractivity contribution in [2.75, 3.05) is 0 Å². The first-order valence-electron chi connectivity index (χ1n) is 6.94. The van der Waals surface area contributed by atoms with Crippen molar-refractivity contribution in [1.82, 2.24) is 4.98 Å². The van der Waals surface area contributed by atoms with Gasteiger partial charge in [-0.3, -0.25) is 0 Å². The summed E-state index contributed by atoms with van der Waals surface area (Å²) in [6, 6.07) is 15.0. The SMILES string of the molecule is CC(C)Cc1sc(I)nc1-c1ccc(-c2ccccc2)s1. The fraction of sp³-hybridized carbons (Fsp3) is 0.235. The molecular weight excluding hydrogens is 409 g/mol. The molecule has 4 heteroatoms. The number of hydrogen-bond donors (Lipinski definition) is 0. The summed E-state index contributed by atoms with van der Waals surface area (Å²) in [5.74, 6) is 0.661. The van der Waals surface area contributed by atoms with Gasteiger partial charge in [0.1, 0.15) is 0 Å². The van der Waals surface area contributed by atoms with E-state index in [0.29, 0.717) is 5.92 Å². The summed E-state index contributed by atoms with van der Waals surface area (Å²) in [5.41, 5.74) is 2.47. The van der Waals surface area contributed by atoms with E-state index in [-0.39, 0.29) is 0 Å². The first kappa shape index (κ1) is 15.2. The molecule has 1 aromatic carbocycles. The Morgan fingerprint density at radius 1 is 1.00 bits per heavy atom. The molecule has 21 heavy (non-hydrogen) atoms. The van der Waals surface area contributed by atoms with Crippen LogP contribution < -0.4 is 0 Å². The Bertz CT molecular complexity index is 728. The van der Waals surface area contributed by atoms with Crippen molar-refractivity contribution in [3.8, 4) is 21.0 Å². The van der Waals surface area contributed by atoms with E-state index in [1.807, 2.05) is 22.7 Å². The summed E-state index contributed by atoms with van der Waals surface area (Å²) in [6.07, 6.45) is 1.11. The lowest BCUT2D eigenvalue weighted by Gasteiger charge is -2.03. The van der Waals surface area contributed by atoms with E-state index < -0.39 is 0 Å². The van der Waals surface area contributed by atoms with Crippen molar-refractivity contribution in [1.29, 1.82) is 0 Å².